The number of nitrogens with zero attached hydrogens (tertiary/aromatic N) is 2. The van der Waals surface area contributed by atoms with Crippen LogP contribution in [0, 0.1) is 24.1 Å². The van der Waals surface area contributed by atoms with Gasteiger partial charge in [-0.05, 0) is 43.7 Å². The molecule has 0 aliphatic carbocycles. The molecule has 0 bridgehead atoms. The van der Waals surface area contributed by atoms with Crippen molar-refractivity contribution in [2.24, 2.45) is 0 Å². The lowest BCUT2D eigenvalue weighted by Gasteiger charge is -2.25. The van der Waals surface area contributed by atoms with Crippen LogP contribution in [-0.2, 0) is 0 Å². The maximum Gasteiger partial charge on any atom is 0.148 e. The van der Waals surface area contributed by atoms with E-state index in [-0.39, 0.29) is 5.82 Å². The fourth-order valence-corrected chi connectivity index (χ4v) is 2.13. The minimum Gasteiger partial charge on any atom is -0.339 e. The fraction of sp³-hybridized carbons (Fsp3) is 0.188. The van der Waals surface area contributed by atoms with Crippen molar-refractivity contribution in [3.8, 4) is 6.07 Å². The van der Waals surface area contributed by atoms with E-state index >= 15 is 0 Å². The first-order chi connectivity index (χ1) is 9.17. The number of halogens is 1. The van der Waals surface area contributed by atoms with E-state index in [2.05, 4.69) is 0 Å². The van der Waals surface area contributed by atoms with Gasteiger partial charge in [0.1, 0.15) is 5.82 Å². The lowest BCUT2D eigenvalue weighted by Crippen LogP contribution is -2.18. The van der Waals surface area contributed by atoms with Crippen molar-refractivity contribution in [2.45, 2.75) is 13.8 Å². The number of hydrogen-bond acceptors (Lipinski definition) is 2. The Morgan fingerprint density at radius 2 is 1.89 bits per heavy atom. The standard InChI is InChI=1S/C16H15FN2/c1-3-19(15-7-5-4-6-12(15)2)16-9-8-13(11-18)10-14(16)17/h4-10H,3H2,1-2H3. The van der Waals surface area contributed by atoms with Crippen LogP contribution in [-0.4, -0.2) is 6.54 Å². The van der Waals surface area contributed by atoms with Crippen LogP contribution in [0.3, 0.4) is 0 Å². The smallest absolute Gasteiger partial charge is 0.148 e. The molecule has 0 saturated carbocycles. The van der Waals surface area contributed by atoms with Crippen molar-refractivity contribution in [2.75, 3.05) is 11.4 Å². The zero-order chi connectivity index (χ0) is 13.8. The van der Waals surface area contributed by atoms with Crippen molar-refractivity contribution < 1.29 is 4.39 Å². The summed E-state index contributed by atoms with van der Waals surface area (Å²) in [6.07, 6.45) is 0. The van der Waals surface area contributed by atoms with E-state index in [1.807, 2.05) is 49.1 Å². The molecule has 0 N–H and O–H groups in total. The highest BCUT2D eigenvalue weighted by atomic mass is 19.1. The summed E-state index contributed by atoms with van der Waals surface area (Å²) in [5.41, 5.74) is 2.90. The molecule has 96 valence electrons. The molecular weight excluding hydrogens is 239 g/mol. The summed E-state index contributed by atoms with van der Waals surface area (Å²) in [7, 11) is 0. The van der Waals surface area contributed by atoms with Crippen LogP contribution in [0.25, 0.3) is 0 Å². The highest BCUT2D eigenvalue weighted by Crippen LogP contribution is 2.30. The van der Waals surface area contributed by atoms with Gasteiger partial charge in [0.05, 0.1) is 17.3 Å². The monoisotopic (exact) mass is 254 g/mol. The second kappa shape index (κ2) is 5.53. The van der Waals surface area contributed by atoms with E-state index in [0.29, 0.717) is 17.8 Å². The second-order valence-corrected chi connectivity index (χ2v) is 4.31. The molecule has 0 amide bonds. The van der Waals surface area contributed by atoms with Gasteiger partial charge in [0.15, 0.2) is 0 Å². The molecule has 0 fully saturated rings. The van der Waals surface area contributed by atoms with Crippen molar-refractivity contribution in [1.29, 1.82) is 5.26 Å². The molecule has 3 heteroatoms. The molecule has 19 heavy (non-hydrogen) atoms. The molecule has 0 aliphatic rings. The minimum absolute atomic E-state index is 0.335. The highest BCUT2D eigenvalue weighted by Gasteiger charge is 2.14. The highest BCUT2D eigenvalue weighted by molar-refractivity contribution is 5.67. The molecule has 0 atom stereocenters. The Bertz CT molecular complexity index is 629. The van der Waals surface area contributed by atoms with Gasteiger partial charge in [-0.3, -0.25) is 0 Å². The Morgan fingerprint density at radius 1 is 1.16 bits per heavy atom. The van der Waals surface area contributed by atoms with Crippen molar-refractivity contribution >= 4 is 11.4 Å². The molecule has 0 spiro atoms. The molecular formula is C16H15FN2. The zero-order valence-corrected chi connectivity index (χ0v) is 11.0. The number of rotatable bonds is 3. The number of para-hydroxylation sites is 1. The van der Waals surface area contributed by atoms with E-state index in [9.17, 15) is 4.39 Å². The maximum absolute atomic E-state index is 14.1. The van der Waals surface area contributed by atoms with Crippen LogP contribution in [0.5, 0.6) is 0 Å². The largest absolute Gasteiger partial charge is 0.339 e. The Hall–Kier alpha value is -2.34. The number of aryl methyl sites for hydroxylation is 1. The van der Waals surface area contributed by atoms with Crippen LogP contribution < -0.4 is 4.90 Å². The molecule has 0 saturated heterocycles. The maximum atomic E-state index is 14.1. The van der Waals surface area contributed by atoms with Gasteiger partial charge >= 0.3 is 0 Å². The molecule has 0 heterocycles. The van der Waals surface area contributed by atoms with Gasteiger partial charge in [-0.15, -0.1) is 0 Å². The third kappa shape index (κ3) is 2.58. The Kier molecular flexibility index (Phi) is 3.82. The summed E-state index contributed by atoms with van der Waals surface area (Å²) >= 11 is 0. The molecule has 0 aromatic heterocycles. The summed E-state index contributed by atoms with van der Waals surface area (Å²) < 4.78 is 14.1. The summed E-state index contributed by atoms with van der Waals surface area (Å²) in [5.74, 6) is -0.371. The predicted molar refractivity (Wildman–Crippen MR) is 75.0 cm³/mol. The quantitative estimate of drug-likeness (QED) is 0.822. The van der Waals surface area contributed by atoms with Gasteiger partial charge in [0, 0.05) is 12.2 Å². The molecule has 0 aliphatic heterocycles. The summed E-state index contributed by atoms with van der Waals surface area (Å²) in [4.78, 5) is 1.91. The number of nitriles is 1. The van der Waals surface area contributed by atoms with E-state index in [0.717, 1.165) is 11.3 Å². The van der Waals surface area contributed by atoms with E-state index in [1.54, 1.807) is 12.1 Å². The number of benzene rings is 2. The van der Waals surface area contributed by atoms with Gasteiger partial charge in [-0.2, -0.15) is 5.26 Å². The van der Waals surface area contributed by atoms with Crippen molar-refractivity contribution in [3.63, 3.8) is 0 Å². The van der Waals surface area contributed by atoms with Gasteiger partial charge in [0.25, 0.3) is 0 Å². The van der Waals surface area contributed by atoms with Crippen LogP contribution in [0.4, 0.5) is 15.8 Å². The van der Waals surface area contributed by atoms with Crippen LogP contribution in [0.1, 0.15) is 18.1 Å². The Balaban J connectivity index is 2.49. The molecule has 2 aromatic carbocycles. The van der Waals surface area contributed by atoms with Gasteiger partial charge in [0.2, 0.25) is 0 Å². The first kappa shape index (κ1) is 13.1. The van der Waals surface area contributed by atoms with Crippen molar-refractivity contribution in [3.05, 3.63) is 59.4 Å². The van der Waals surface area contributed by atoms with Gasteiger partial charge < -0.3 is 4.90 Å². The predicted octanol–water partition coefficient (Wildman–Crippen LogP) is 4.16. The van der Waals surface area contributed by atoms with Gasteiger partial charge in [-0.1, -0.05) is 18.2 Å². The molecule has 2 nitrogen and oxygen atoms in total. The average Bonchev–Trinajstić information content (AvgIpc) is 2.43. The van der Waals surface area contributed by atoms with Crippen molar-refractivity contribution in [1.82, 2.24) is 0 Å². The Labute approximate surface area is 112 Å². The summed E-state index contributed by atoms with van der Waals surface area (Å²) in [5, 5.41) is 8.78. The molecule has 2 aromatic rings. The third-order valence-corrected chi connectivity index (χ3v) is 3.09. The van der Waals surface area contributed by atoms with E-state index < -0.39 is 0 Å². The molecule has 0 radical (unpaired) electrons. The third-order valence-electron chi connectivity index (χ3n) is 3.09. The first-order valence-electron chi connectivity index (χ1n) is 6.20. The number of hydrogen-bond donors (Lipinski definition) is 0. The Morgan fingerprint density at radius 3 is 2.47 bits per heavy atom. The van der Waals surface area contributed by atoms with Gasteiger partial charge in [-0.25, -0.2) is 4.39 Å². The molecule has 2 rings (SSSR count). The van der Waals surface area contributed by atoms with Crippen LogP contribution in [0.2, 0.25) is 0 Å². The first-order valence-corrected chi connectivity index (χ1v) is 6.20. The molecule has 0 unspecified atom stereocenters. The average molecular weight is 254 g/mol. The van der Waals surface area contributed by atoms with E-state index in [1.165, 1.54) is 6.07 Å². The number of anilines is 2. The lowest BCUT2D eigenvalue weighted by atomic mass is 10.1. The lowest BCUT2D eigenvalue weighted by molar-refractivity contribution is 0.625. The van der Waals surface area contributed by atoms with E-state index in [4.69, 9.17) is 5.26 Å². The second-order valence-electron chi connectivity index (χ2n) is 4.31. The summed E-state index contributed by atoms with van der Waals surface area (Å²) in [6, 6.07) is 14.4. The zero-order valence-electron chi connectivity index (χ0n) is 11.0. The van der Waals surface area contributed by atoms with Crippen LogP contribution >= 0.6 is 0 Å². The minimum atomic E-state index is -0.371. The fourth-order valence-electron chi connectivity index (χ4n) is 2.13. The van der Waals surface area contributed by atoms with Crippen LogP contribution in [0.15, 0.2) is 42.5 Å². The SMILES string of the molecule is CCN(c1ccccc1C)c1ccc(C#N)cc1F. The summed E-state index contributed by atoms with van der Waals surface area (Å²) in [6.45, 7) is 4.64. The topological polar surface area (TPSA) is 27.0 Å². The normalized spacial score (nSPS) is 10.0.